The zero-order valence-corrected chi connectivity index (χ0v) is 14.2. The van der Waals surface area contributed by atoms with Crippen molar-refractivity contribution >= 4 is 39.2 Å². The quantitative estimate of drug-likeness (QED) is 0.126. The molecule has 0 spiro atoms. The van der Waals surface area contributed by atoms with E-state index < -0.39 is 17.9 Å². The molecule has 0 bridgehead atoms. The molecule has 0 fully saturated rings. The van der Waals surface area contributed by atoms with Crippen molar-refractivity contribution < 1.29 is 19.4 Å². The maximum Gasteiger partial charge on any atom is 0.320 e. The molecule has 0 saturated heterocycles. The third kappa shape index (κ3) is 7.32. The minimum Gasteiger partial charge on any atom is -0.481 e. The number of carbonyl (C=O) groups is 2. The van der Waals surface area contributed by atoms with Gasteiger partial charge < -0.3 is 9.84 Å². The summed E-state index contributed by atoms with van der Waals surface area (Å²) < 4.78 is 4.76. The van der Waals surface area contributed by atoms with Gasteiger partial charge >= 0.3 is 11.9 Å². The summed E-state index contributed by atoms with van der Waals surface area (Å²) in [5, 5.41) is 12.5. The van der Waals surface area contributed by atoms with E-state index in [0.717, 1.165) is 4.90 Å². The zero-order chi connectivity index (χ0) is 17.1. The first-order valence-electron chi connectivity index (χ1n) is 6.92. The minimum absolute atomic E-state index is 0.180. The van der Waals surface area contributed by atoms with Gasteiger partial charge in [-0.15, -0.1) is 0 Å². The number of ether oxygens (including phenoxy) is 1. The summed E-state index contributed by atoms with van der Waals surface area (Å²) in [6.07, 6.45) is 0.863. The van der Waals surface area contributed by atoms with E-state index in [4.69, 9.17) is 15.4 Å². The highest BCUT2D eigenvalue weighted by molar-refractivity contribution is 8.76. The molecule has 0 saturated carbocycles. The molecule has 0 aliphatic heterocycles. The van der Waals surface area contributed by atoms with E-state index in [1.54, 1.807) is 40.6 Å². The number of rotatable bonds is 10. The molecule has 1 N–H and O–H groups in total. The number of hydrogen-bond acceptors (Lipinski definition) is 6. The van der Waals surface area contributed by atoms with Crippen molar-refractivity contribution in [1.29, 1.82) is 0 Å². The Kier molecular flexibility index (Phi) is 9.04. The van der Waals surface area contributed by atoms with E-state index in [1.807, 2.05) is 12.1 Å². The highest BCUT2D eigenvalue weighted by Gasteiger charge is 2.26. The van der Waals surface area contributed by atoms with Crippen LogP contribution in [0.3, 0.4) is 0 Å². The lowest BCUT2D eigenvalue weighted by atomic mass is 10.0. The van der Waals surface area contributed by atoms with Gasteiger partial charge in [0.15, 0.2) is 5.92 Å². The number of esters is 1. The van der Waals surface area contributed by atoms with Crippen LogP contribution < -0.4 is 0 Å². The van der Waals surface area contributed by atoms with Gasteiger partial charge in [0.1, 0.15) is 0 Å². The Balaban J connectivity index is 2.32. The van der Waals surface area contributed by atoms with E-state index in [1.165, 1.54) is 0 Å². The number of carboxylic acids is 1. The molecular weight excluding hydrogens is 338 g/mol. The van der Waals surface area contributed by atoms with Crippen molar-refractivity contribution in [2.45, 2.75) is 24.7 Å². The molecule has 0 amide bonds. The number of nitrogens with zero attached hydrogens (tertiary/aromatic N) is 3. The molecule has 0 radical (unpaired) electrons. The smallest absolute Gasteiger partial charge is 0.320 e. The van der Waals surface area contributed by atoms with Gasteiger partial charge in [-0.2, -0.15) is 0 Å². The molecule has 1 aromatic carbocycles. The monoisotopic (exact) mass is 355 g/mol. The standard InChI is InChI=1S/C14H17N3O4S2/c1-2-21-14(20)12(13(18)19)4-3-9-22-23-11-7-5-10(6-8-11)16-17-15/h5-8,12H,2-4,9H2,1H3,(H,18,19). The van der Waals surface area contributed by atoms with Gasteiger partial charge in [-0.3, -0.25) is 9.59 Å². The van der Waals surface area contributed by atoms with Crippen LogP contribution in [-0.4, -0.2) is 29.4 Å². The van der Waals surface area contributed by atoms with E-state index in [-0.39, 0.29) is 13.0 Å². The molecule has 23 heavy (non-hydrogen) atoms. The first-order chi connectivity index (χ1) is 11.1. The van der Waals surface area contributed by atoms with Crippen LogP contribution in [0.1, 0.15) is 19.8 Å². The molecule has 0 aliphatic carbocycles. The Labute approximate surface area is 141 Å². The van der Waals surface area contributed by atoms with E-state index in [9.17, 15) is 9.59 Å². The number of benzene rings is 1. The van der Waals surface area contributed by atoms with Crippen LogP contribution in [0.2, 0.25) is 0 Å². The Morgan fingerprint density at radius 2 is 2.09 bits per heavy atom. The second-order valence-electron chi connectivity index (χ2n) is 4.37. The first kappa shape index (κ1) is 19.2. The SMILES string of the molecule is CCOC(=O)C(CCCSSc1ccc(N=[N+]=[N-])cc1)C(=O)O. The normalized spacial score (nSPS) is 11.3. The van der Waals surface area contributed by atoms with Gasteiger partial charge in [-0.1, -0.05) is 38.8 Å². The summed E-state index contributed by atoms with van der Waals surface area (Å²) in [6, 6.07) is 7.15. The molecule has 9 heteroatoms. The molecule has 1 unspecified atom stereocenters. The van der Waals surface area contributed by atoms with Crippen molar-refractivity contribution in [3.63, 3.8) is 0 Å². The second kappa shape index (κ2) is 10.8. The van der Waals surface area contributed by atoms with Crippen LogP contribution in [0.4, 0.5) is 5.69 Å². The third-order valence-electron chi connectivity index (χ3n) is 2.74. The van der Waals surface area contributed by atoms with Gasteiger partial charge in [-0.05, 0) is 37.4 Å². The van der Waals surface area contributed by atoms with Gasteiger partial charge in [0.05, 0.1) is 6.61 Å². The average Bonchev–Trinajstić information content (AvgIpc) is 2.52. The maximum atomic E-state index is 11.5. The molecule has 1 rings (SSSR count). The fourth-order valence-corrected chi connectivity index (χ4v) is 3.76. The molecule has 1 aromatic rings. The van der Waals surface area contributed by atoms with E-state index in [2.05, 4.69) is 10.0 Å². The van der Waals surface area contributed by atoms with Crippen molar-refractivity contribution in [3.8, 4) is 0 Å². The summed E-state index contributed by atoms with van der Waals surface area (Å²) in [6.45, 7) is 1.83. The predicted molar refractivity (Wildman–Crippen MR) is 90.6 cm³/mol. The van der Waals surface area contributed by atoms with Crippen LogP contribution >= 0.6 is 21.6 Å². The van der Waals surface area contributed by atoms with Crippen LogP contribution in [0, 0.1) is 5.92 Å². The lowest BCUT2D eigenvalue weighted by Crippen LogP contribution is -2.26. The van der Waals surface area contributed by atoms with E-state index in [0.29, 0.717) is 17.9 Å². The van der Waals surface area contributed by atoms with Crippen molar-refractivity contribution in [2.24, 2.45) is 11.0 Å². The Hall–Kier alpha value is -1.83. The molecule has 124 valence electrons. The lowest BCUT2D eigenvalue weighted by Gasteiger charge is -2.10. The number of aliphatic carboxylic acids is 1. The molecule has 0 aromatic heterocycles. The zero-order valence-electron chi connectivity index (χ0n) is 12.5. The Bertz CT molecular complexity index is 574. The number of azide groups is 1. The van der Waals surface area contributed by atoms with Gasteiger partial charge in [0.25, 0.3) is 0 Å². The average molecular weight is 355 g/mol. The maximum absolute atomic E-state index is 11.5. The Morgan fingerprint density at radius 1 is 1.39 bits per heavy atom. The number of carbonyl (C=O) groups excluding carboxylic acids is 1. The van der Waals surface area contributed by atoms with Crippen LogP contribution in [0.25, 0.3) is 10.4 Å². The second-order valence-corrected chi connectivity index (χ2v) is 6.86. The number of carboxylic acid groups (broad SMARTS) is 1. The highest BCUT2D eigenvalue weighted by atomic mass is 33.1. The minimum atomic E-state index is -1.14. The van der Waals surface area contributed by atoms with Gasteiger partial charge in [-0.25, -0.2) is 0 Å². The van der Waals surface area contributed by atoms with Crippen molar-refractivity contribution in [1.82, 2.24) is 0 Å². The lowest BCUT2D eigenvalue weighted by molar-refractivity contribution is -0.158. The number of hydrogen-bond donors (Lipinski definition) is 1. The van der Waals surface area contributed by atoms with Crippen LogP contribution in [0.5, 0.6) is 0 Å². The van der Waals surface area contributed by atoms with E-state index >= 15 is 0 Å². The summed E-state index contributed by atoms with van der Waals surface area (Å²) >= 11 is 0. The Morgan fingerprint density at radius 3 is 2.65 bits per heavy atom. The summed E-state index contributed by atoms with van der Waals surface area (Å²) in [4.78, 5) is 26.3. The largest absolute Gasteiger partial charge is 0.481 e. The van der Waals surface area contributed by atoms with Gasteiger partial charge in [0.2, 0.25) is 0 Å². The predicted octanol–water partition coefficient (Wildman–Crippen LogP) is 4.41. The fraction of sp³-hybridized carbons (Fsp3) is 0.429. The van der Waals surface area contributed by atoms with Crippen LogP contribution in [0.15, 0.2) is 34.3 Å². The highest BCUT2D eigenvalue weighted by Crippen LogP contribution is 2.33. The fourth-order valence-electron chi connectivity index (χ4n) is 1.66. The summed E-state index contributed by atoms with van der Waals surface area (Å²) in [5.74, 6) is -2.20. The summed E-state index contributed by atoms with van der Waals surface area (Å²) in [7, 11) is 3.12. The van der Waals surface area contributed by atoms with Gasteiger partial charge in [0, 0.05) is 21.2 Å². The molecule has 1 atom stereocenters. The molecule has 7 nitrogen and oxygen atoms in total. The first-order valence-corrected chi connectivity index (χ1v) is 9.24. The van der Waals surface area contributed by atoms with Crippen LogP contribution in [-0.2, 0) is 14.3 Å². The third-order valence-corrected chi connectivity index (χ3v) is 5.21. The topological polar surface area (TPSA) is 112 Å². The van der Waals surface area contributed by atoms with Crippen molar-refractivity contribution in [2.75, 3.05) is 12.4 Å². The van der Waals surface area contributed by atoms with Crippen molar-refractivity contribution in [3.05, 3.63) is 34.7 Å². The molecule has 0 aliphatic rings. The summed E-state index contributed by atoms with van der Waals surface area (Å²) in [5.41, 5.74) is 8.88. The molecule has 0 heterocycles. The molecular formula is C14H17N3O4S2.